The van der Waals surface area contributed by atoms with Gasteiger partial charge in [-0.15, -0.1) is 11.6 Å². The van der Waals surface area contributed by atoms with Gasteiger partial charge in [0.15, 0.2) is 0 Å². The zero-order chi connectivity index (χ0) is 15.9. The van der Waals surface area contributed by atoms with Crippen LogP contribution >= 0.6 is 19.2 Å². The largest absolute Gasteiger partial charge is 0.448 e. The highest BCUT2D eigenvalue weighted by Gasteiger charge is 2.43. The minimum atomic E-state index is -3.58. The predicted molar refractivity (Wildman–Crippen MR) is 80.1 cm³/mol. The lowest BCUT2D eigenvalue weighted by atomic mass is 10.1. The van der Waals surface area contributed by atoms with Crippen LogP contribution in [-0.2, 0) is 23.1 Å². The molecule has 0 rings (SSSR count). The van der Waals surface area contributed by atoms with Crippen molar-refractivity contribution < 1.29 is 23.1 Å². The highest BCUT2D eigenvalue weighted by atomic mass is 35.5. The van der Waals surface area contributed by atoms with Gasteiger partial charge in [0, 0.05) is 5.92 Å². The van der Waals surface area contributed by atoms with Crippen LogP contribution in [0.2, 0.25) is 0 Å². The van der Waals surface area contributed by atoms with Crippen LogP contribution in [0.25, 0.3) is 0 Å². The summed E-state index contributed by atoms with van der Waals surface area (Å²) >= 11 is 5.46. The van der Waals surface area contributed by atoms with Crippen LogP contribution in [0.4, 0.5) is 0 Å². The van der Waals surface area contributed by atoms with Gasteiger partial charge in [-0.2, -0.15) is 0 Å². The van der Waals surface area contributed by atoms with Crippen molar-refractivity contribution in [1.29, 1.82) is 0 Å². The molecule has 0 spiro atoms. The summed E-state index contributed by atoms with van der Waals surface area (Å²) < 4.78 is 29.2. The van der Waals surface area contributed by atoms with Crippen molar-refractivity contribution in [3.05, 3.63) is 0 Å². The van der Waals surface area contributed by atoms with E-state index in [0.717, 1.165) is 0 Å². The van der Waals surface area contributed by atoms with Crippen LogP contribution in [0.15, 0.2) is 0 Å². The van der Waals surface area contributed by atoms with Crippen molar-refractivity contribution in [3.8, 4) is 0 Å². The SMILES string of the molecule is CCC(C)C(OC(=O)CCl)P(=O)(OC(C)C)OC(C)C. The first-order chi connectivity index (χ1) is 9.16. The van der Waals surface area contributed by atoms with Crippen molar-refractivity contribution in [3.63, 3.8) is 0 Å². The maximum absolute atomic E-state index is 13.0. The molecule has 0 aromatic carbocycles. The van der Waals surface area contributed by atoms with Gasteiger partial charge in [-0.25, -0.2) is 0 Å². The number of halogens is 1. The number of ether oxygens (including phenoxy) is 1. The highest BCUT2D eigenvalue weighted by Crippen LogP contribution is 2.58. The van der Waals surface area contributed by atoms with Gasteiger partial charge in [-0.3, -0.25) is 9.36 Å². The van der Waals surface area contributed by atoms with E-state index >= 15 is 0 Å². The average molecular weight is 329 g/mol. The third-order valence-electron chi connectivity index (χ3n) is 2.52. The molecule has 20 heavy (non-hydrogen) atoms. The van der Waals surface area contributed by atoms with Crippen molar-refractivity contribution in [1.82, 2.24) is 0 Å². The van der Waals surface area contributed by atoms with Crippen LogP contribution in [-0.4, -0.2) is 29.9 Å². The molecule has 0 fully saturated rings. The first-order valence-electron chi connectivity index (χ1n) is 6.88. The van der Waals surface area contributed by atoms with Gasteiger partial charge < -0.3 is 13.8 Å². The third kappa shape index (κ3) is 6.57. The van der Waals surface area contributed by atoms with E-state index in [2.05, 4.69) is 0 Å². The lowest BCUT2D eigenvalue weighted by Gasteiger charge is -2.32. The molecule has 0 saturated heterocycles. The summed E-state index contributed by atoms with van der Waals surface area (Å²) in [6.07, 6.45) is 0.0642. The minimum Gasteiger partial charge on any atom is -0.448 e. The quantitative estimate of drug-likeness (QED) is 0.361. The number of hydrogen-bond acceptors (Lipinski definition) is 5. The Hall–Kier alpha value is -0.0900. The molecule has 5 nitrogen and oxygen atoms in total. The fraction of sp³-hybridized carbons (Fsp3) is 0.923. The van der Waals surface area contributed by atoms with E-state index in [1.54, 1.807) is 27.7 Å². The second-order valence-electron chi connectivity index (χ2n) is 5.25. The molecule has 0 N–H and O–H groups in total. The number of esters is 1. The summed E-state index contributed by atoms with van der Waals surface area (Å²) in [5.41, 5.74) is 0. The summed E-state index contributed by atoms with van der Waals surface area (Å²) in [6.45, 7) is 10.8. The molecule has 2 unspecified atom stereocenters. The maximum Gasteiger partial charge on any atom is 0.371 e. The Kier molecular flexibility index (Phi) is 8.99. The van der Waals surface area contributed by atoms with E-state index in [9.17, 15) is 9.36 Å². The minimum absolute atomic E-state index is 0.162. The lowest BCUT2D eigenvalue weighted by molar-refractivity contribution is -0.145. The Morgan fingerprint density at radius 1 is 1.10 bits per heavy atom. The highest BCUT2D eigenvalue weighted by molar-refractivity contribution is 7.54. The Morgan fingerprint density at radius 3 is 1.85 bits per heavy atom. The second-order valence-corrected chi connectivity index (χ2v) is 7.53. The molecule has 0 aliphatic rings. The van der Waals surface area contributed by atoms with Gasteiger partial charge in [0.05, 0.1) is 12.2 Å². The van der Waals surface area contributed by atoms with Gasteiger partial charge in [0.1, 0.15) is 5.88 Å². The van der Waals surface area contributed by atoms with Crippen molar-refractivity contribution in [2.24, 2.45) is 5.92 Å². The summed E-state index contributed by atoms with van der Waals surface area (Å²) in [4.78, 5) is 11.5. The molecule has 7 heteroatoms. The lowest BCUT2D eigenvalue weighted by Crippen LogP contribution is -2.29. The van der Waals surface area contributed by atoms with Crippen molar-refractivity contribution >= 4 is 25.2 Å². The first kappa shape index (κ1) is 19.9. The predicted octanol–water partition coefficient (Wildman–Crippen LogP) is 4.18. The van der Waals surface area contributed by atoms with E-state index < -0.39 is 19.4 Å². The van der Waals surface area contributed by atoms with Crippen LogP contribution in [0, 0.1) is 5.92 Å². The van der Waals surface area contributed by atoms with Gasteiger partial charge in [0.2, 0.25) is 5.85 Å². The number of carbonyl (C=O) groups excluding carboxylic acids is 1. The molecule has 120 valence electrons. The monoisotopic (exact) mass is 328 g/mol. The van der Waals surface area contributed by atoms with Gasteiger partial charge in [-0.1, -0.05) is 13.8 Å². The fourth-order valence-electron chi connectivity index (χ4n) is 1.59. The molecule has 0 radical (unpaired) electrons. The summed E-state index contributed by atoms with van der Waals surface area (Å²) in [5, 5.41) is 0. The summed E-state index contributed by atoms with van der Waals surface area (Å²) in [6, 6.07) is 0. The van der Waals surface area contributed by atoms with E-state index in [1.165, 1.54) is 0 Å². The Balaban J connectivity index is 5.37. The number of hydrogen-bond donors (Lipinski definition) is 0. The molecule has 0 heterocycles. The van der Waals surface area contributed by atoms with E-state index in [1.807, 2.05) is 13.8 Å². The van der Waals surface area contributed by atoms with Crippen molar-refractivity contribution in [2.45, 2.75) is 66.0 Å². The number of rotatable bonds is 9. The maximum atomic E-state index is 13.0. The average Bonchev–Trinajstić information content (AvgIpc) is 2.32. The van der Waals surface area contributed by atoms with Gasteiger partial charge in [-0.05, 0) is 34.1 Å². The molecular formula is C13H26ClO5P. The van der Waals surface area contributed by atoms with E-state index in [0.29, 0.717) is 6.42 Å². The molecule has 0 aliphatic heterocycles. The van der Waals surface area contributed by atoms with Crippen LogP contribution < -0.4 is 0 Å². The number of carbonyl (C=O) groups is 1. The zero-order valence-corrected chi connectivity index (χ0v) is 14.7. The Bertz CT molecular complexity index is 332. The van der Waals surface area contributed by atoms with E-state index in [-0.39, 0.29) is 24.0 Å². The van der Waals surface area contributed by atoms with Gasteiger partial charge >= 0.3 is 13.6 Å². The Labute approximate surface area is 126 Å². The standard InChI is InChI=1S/C13H26ClO5P/c1-7-11(6)13(17-12(15)8-14)20(16,18-9(2)3)19-10(4)5/h9-11,13H,7-8H2,1-6H3. The van der Waals surface area contributed by atoms with E-state index in [4.69, 9.17) is 25.4 Å². The molecule has 0 saturated carbocycles. The van der Waals surface area contributed by atoms with Crippen LogP contribution in [0.3, 0.4) is 0 Å². The molecule has 0 amide bonds. The molecule has 0 aliphatic carbocycles. The summed E-state index contributed by atoms with van der Waals surface area (Å²) in [7, 11) is -3.58. The molecule has 0 bridgehead atoms. The third-order valence-corrected chi connectivity index (χ3v) is 5.41. The number of alkyl halides is 1. The molecule has 0 aromatic heterocycles. The first-order valence-corrected chi connectivity index (χ1v) is 9.02. The molecule has 0 aromatic rings. The smallest absolute Gasteiger partial charge is 0.371 e. The summed E-state index contributed by atoms with van der Waals surface area (Å²) in [5.74, 6) is -2.03. The Morgan fingerprint density at radius 2 is 1.55 bits per heavy atom. The second kappa shape index (κ2) is 9.04. The molecule has 2 atom stereocenters. The van der Waals surface area contributed by atoms with Gasteiger partial charge in [0.25, 0.3) is 0 Å². The zero-order valence-electron chi connectivity index (χ0n) is 13.1. The molecular weight excluding hydrogens is 303 g/mol. The van der Waals surface area contributed by atoms with Crippen LogP contribution in [0.1, 0.15) is 48.0 Å². The normalized spacial score (nSPS) is 15.4. The van der Waals surface area contributed by atoms with Crippen LogP contribution in [0.5, 0.6) is 0 Å². The topological polar surface area (TPSA) is 61.8 Å². The fourth-order valence-corrected chi connectivity index (χ4v) is 4.20. The van der Waals surface area contributed by atoms with Crippen molar-refractivity contribution in [2.75, 3.05) is 5.88 Å².